The molecule has 0 aliphatic carbocycles. The molecular weight excluding hydrogens is 194 g/mol. The summed E-state index contributed by atoms with van der Waals surface area (Å²) < 4.78 is 10.5. The summed E-state index contributed by atoms with van der Waals surface area (Å²) in [6.07, 6.45) is 1.69. The highest BCUT2D eigenvalue weighted by molar-refractivity contribution is 4.89. The number of ether oxygens (including phenoxy) is 2. The molecule has 0 aromatic heterocycles. The van der Waals surface area contributed by atoms with Crippen molar-refractivity contribution >= 4 is 0 Å². The lowest BCUT2D eigenvalue weighted by atomic mass is 9.87. The Hall–Kier alpha value is -0.160. The largest absolute Gasteiger partial charge is 0.388 e. The molecule has 1 aliphatic rings. The van der Waals surface area contributed by atoms with E-state index in [1.54, 1.807) is 7.11 Å². The highest BCUT2D eigenvalue weighted by Crippen LogP contribution is 2.27. The summed E-state index contributed by atoms with van der Waals surface area (Å²) in [6, 6.07) is 0. The molecule has 0 aromatic carbocycles. The van der Waals surface area contributed by atoms with Gasteiger partial charge < -0.3 is 19.9 Å². The van der Waals surface area contributed by atoms with Crippen molar-refractivity contribution in [3.63, 3.8) is 0 Å². The molecule has 0 amide bonds. The Morgan fingerprint density at radius 1 is 1.40 bits per heavy atom. The minimum absolute atomic E-state index is 0.142. The van der Waals surface area contributed by atoms with E-state index in [4.69, 9.17) is 9.47 Å². The van der Waals surface area contributed by atoms with E-state index in [0.29, 0.717) is 26.0 Å². The maximum Gasteiger partial charge on any atom is 0.0820 e. The molecular formula is C11H23NO3. The topological polar surface area (TPSA) is 50.7 Å². The second kappa shape index (κ2) is 5.80. The summed E-state index contributed by atoms with van der Waals surface area (Å²) in [5, 5.41) is 13.5. The number of rotatable bonds is 5. The van der Waals surface area contributed by atoms with Crippen LogP contribution in [0, 0.1) is 0 Å². The van der Waals surface area contributed by atoms with Crippen LogP contribution in [0.2, 0.25) is 0 Å². The average molecular weight is 217 g/mol. The van der Waals surface area contributed by atoms with E-state index in [1.807, 2.05) is 13.8 Å². The highest BCUT2D eigenvalue weighted by atomic mass is 16.5. The molecule has 0 spiro atoms. The third kappa shape index (κ3) is 4.47. The summed E-state index contributed by atoms with van der Waals surface area (Å²) in [6.45, 7) is 6.10. The van der Waals surface area contributed by atoms with Gasteiger partial charge in [0, 0.05) is 33.0 Å². The minimum atomic E-state index is -0.620. The van der Waals surface area contributed by atoms with E-state index in [0.717, 1.165) is 6.54 Å². The Morgan fingerprint density at radius 3 is 2.53 bits per heavy atom. The second-order valence-corrected chi connectivity index (χ2v) is 4.56. The molecule has 2 atom stereocenters. The minimum Gasteiger partial charge on any atom is -0.388 e. The van der Waals surface area contributed by atoms with Gasteiger partial charge in [-0.05, 0) is 13.8 Å². The monoisotopic (exact) mass is 217 g/mol. The van der Waals surface area contributed by atoms with E-state index in [1.165, 1.54) is 0 Å². The van der Waals surface area contributed by atoms with Gasteiger partial charge in [0.05, 0.1) is 24.4 Å². The van der Waals surface area contributed by atoms with E-state index < -0.39 is 5.60 Å². The lowest BCUT2D eigenvalue weighted by Gasteiger charge is -2.39. The number of hydrogen-bond donors (Lipinski definition) is 2. The van der Waals surface area contributed by atoms with Gasteiger partial charge in [-0.1, -0.05) is 0 Å². The third-order valence-corrected chi connectivity index (χ3v) is 2.74. The lowest BCUT2D eigenvalue weighted by molar-refractivity contribution is -0.129. The molecule has 90 valence electrons. The van der Waals surface area contributed by atoms with Crippen molar-refractivity contribution in [3.8, 4) is 0 Å². The molecule has 1 fully saturated rings. The Kier molecular flexibility index (Phi) is 4.99. The number of hydrogen-bond acceptors (Lipinski definition) is 4. The predicted molar refractivity (Wildman–Crippen MR) is 58.9 cm³/mol. The van der Waals surface area contributed by atoms with Crippen LogP contribution < -0.4 is 5.32 Å². The molecule has 1 aliphatic heterocycles. The maximum atomic E-state index is 10.3. The van der Waals surface area contributed by atoms with Crippen LogP contribution in [0.4, 0.5) is 0 Å². The highest BCUT2D eigenvalue weighted by Gasteiger charge is 2.36. The first kappa shape index (κ1) is 12.9. The molecule has 2 unspecified atom stereocenters. The fourth-order valence-electron chi connectivity index (χ4n) is 2.29. The summed E-state index contributed by atoms with van der Waals surface area (Å²) >= 11 is 0. The first-order chi connectivity index (χ1) is 7.06. The SMILES string of the molecule is COCCNCC1(O)CC(C)OC(C)C1. The van der Waals surface area contributed by atoms with E-state index in [9.17, 15) is 5.11 Å². The van der Waals surface area contributed by atoms with Crippen molar-refractivity contribution in [1.29, 1.82) is 0 Å². The van der Waals surface area contributed by atoms with E-state index in [-0.39, 0.29) is 12.2 Å². The zero-order chi connectivity index (χ0) is 11.3. The molecule has 0 saturated carbocycles. The summed E-state index contributed by atoms with van der Waals surface area (Å²) in [7, 11) is 1.68. The standard InChI is InChI=1S/C11H23NO3/c1-9-6-11(13,7-10(2)15-9)8-12-4-5-14-3/h9-10,12-13H,4-8H2,1-3H3. The molecule has 0 radical (unpaired) electrons. The number of methoxy groups -OCH3 is 1. The molecule has 15 heavy (non-hydrogen) atoms. The van der Waals surface area contributed by atoms with Crippen LogP contribution in [0.1, 0.15) is 26.7 Å². The molecule has 2 N–H and O–H groups in total. The first-order valence-electron chi connectivity index (χ1n) is 5.63. The third-order valence-electron chi connectivity index (χ3n) is 2.74. The van der Waals surface area contributed by atoms with Gasteiger partial charge in [0.2, 0.25) is 0 Å². The quantitative estimate of drug-likeness (QED) is 0.660. The van der Waals surface area contributed by atoms with Crippen LogP contribution in [0.5, 0.6) is 0 Å². The van der Waals surface area contributed by atoms with Crippen LogP contribution in [0.3, 0.4) is 0 Å². The van der Waals surface area contributed by atoms with Gasteiger partial charge in [-0.15, -0.1) is 0 Å². The molecule has 1 saturated heterocycles. The molecule has 0 bridgehead atoms. The Bertz CT molecular complexity index is 177. The van der Waals surface area contributed by atoms with E-state index in [2.05, 4.69) is 5.32 Å². The summed E-state index contributed by atoms with van der Waals surface area (Å²) in [5.41, 5.74) is -0.620. The summed E-state index contributed by atoms with van der Waals surface area (Å²) in [5.74, 6) is 0. The predicted octanol–water partition coefficient (Wildman–Crippen LogP) is 0.541. The van der Waals surface area contributed by atoms with Crippen molar-refractivity contribution in [2.75, 3.05) is 26.8 Å². The van der Waals surface area contributed by atoms with E-state index >= 15 is 0 Å². The maximum absolute atomic E-state index is 10.3. The Balaban J connectivity index is 2.30. The second-order valence-electron chi connectivity index (χ2n) is 4.56. The van der Waals surface area contributed by atoms with Gasteiger partial charge in [-0.25, -0.2) is 0 Å². The van der Waals surface area contributed by atoms with Gasteiger partial charge in [-0.2, -0.15) is 0 Å². The van der Waals surface area contributed by atoms with Crippen molar-refractivity contribution in [2.24, 2.45) is 0 Å². The van der Waals surface area contributed by atoms with Crippen molar-refractivity contribution < 1.29 is 14.6 Å². The molecule has 0 aromatic rings. The van der Waals surface area contributed by atoms with Gasteiger partial charge >= 0.3 is 0 Å². The Morgan fingerprint density at radius 2 is 2.00 bits per heavy atom. The molecule has 1 heterocycles. The summed E-state index contributed by atoms with van der Waals surface area (Å²) in [4.78, 5) is 0. The van der Waals surface area contributed by atoms with Crippen LogP contribution in [0.25, 0.3) is 0 Å². The van der Waals surface area contributed by atoms with Gasteiger partial charge in [0.15, 0.2) is 0 Å². The van der Waals surface area contributed by atoms with Crippen LogP contribution in [0.15, 0.2) is 0 Å². The zero-order valence-corrected chi connectivity index (χ0v) is 9.95. The fourth-order valence-corrected chi connectivity index (χ4v) is 2.29. The van der Waals surface area contributed by atoms with Crippen molar-refractivity contribution in [2.45, 2.75) is 44.5 Å². The van der Waals surface area contributed by atoms with Gasteiger partial charge in [-0.3, -0.25) is 0 Å². The fraction of sp³-hybridized carbons (Fsp3) is 1.00. The van der Waals surface area contributed by atoms with Crippen LogP contribution >= 0.6 is 0 Å². The number of aliphatic hydroxyl groups is 1. The normalized spacial score (nSPS) is 36.8. The smallest absolute Gasteiger partial charge is 0.0820 e. The van der Waals surface area contributed by atoms with Gasteiger partial charge in [0.1, 0.15) is 0 Å². The van der Waals surface area contributed by atoms with Crippen LogP contribution in [-0.2, 0) is 9.47 Å². The van der Waals surface area contributed by atoms with Crippen molar-refractivity contribution in [1.82, 2.24) is 5.32 Å². The Labute approximate surface area is 92.0 Å². The zero-order valence-electron chi connectivity index (χ0n) is 9.95. The van der Waals surface area contributed by atoms with Gasteiger partial charge in [0.25, 0.3) is 0 Å². The van der Waals surface area contributed by atoms with Crippen LogP contribution in [-0.4, -0.2) is 49.7 Å². The number of nitrogens with one attached hydrogen (secondary N) is 1. The molecule has 1 rings (SSSR count). The average Bonchev–Trinajstić information content (AvgIpc) is 2.10. The van der Waals surface area contributed by atoms with Crippen molar-refractivity contribution in [3.05, 3.63) is 0 Å². The lowest BCUT2D eigenvalue weighted by Crippen LogP contribution is -2.50. The molecule has 4 heteroatoms. The first-order valence-corrected chi connectivity index (χ1v) is 5.63. The molecule has 4 nitrogen and oxygen atoms in total.